The molecule has 0 spiro atoms. The van der Waals surface area contributed by atoms with Gasteiger partial charge in [0.15, 0.2) is 0 Å². The number of hydrogen-bond acceptors (Lipinski definition) is 5. The van der Waals surface area contributed by atoms with Crippen LogP contribution in [0.25, 0.3) is 0 Å². The normalized spacial score (nSPS) is 12.2. The SMILES string of the molecule is Cc1nnc(S(=O)[O-])o1.[Na+]. The zero-order valence-electron chi connectivity index (χ0n) is 5.53. The van der Waals surface area contributed by atoms with Crippen LogP contribution >= 0.6 is 0 Å². The van der Waals surface area contributed by atoms with Gasteiger partial charge in [0.1, 0.15) is 0 Å². The van der Waals surface area contributed by atoms with Crippen molar-refractivity contribution in [2.75, 3.05) is 0 Å². The van der Waals surface area contributed by atoms with Crippen LogP contribution in [0.15, 0.2) is 9.64 Å². The van der Waals surface area contributed by atoms with Gasteiger partial charge in [0, 0.05) is 18.0 Å². The molecular formula is C3H3N2NaO3S. The van der Waals surface area contributed by atoms with E-state index in [0.29, 0.717) is 0 Å². The van der Waals surface area contributed by atoms with Gasteiger partial charge in [-0.3, -0.25) is 4.21 Å². The van der Waals surface area contributed by atoms with Crippen molar-refractivity contribution in [3.8, 4) is 0 Å². The number of aryl methyl sites for hydroxylation is 1. The first kappa shape index (κ1) is 10.2. The third-order valence-electron chi connectivity index (χ3n) is 0.650. The molecule has 0 amide bonds. The minimum Gasteiger partial charge on any atom is -0.765 e. The van der Waals surface area contributed by atoms with Gasteiger partial charge in [-0.2, -0.15) is 0 Å². The molecule has 1 aromatic rings. The molecule has 1 heterocycles. The predicted octanol–water partition coefficient (Wildman–Crippen LogP) is -3.38. The molecule has 0 aliphatic heterocycles. The summed E-state index contributed by atoms with van der Waals surface area (Å²) in [6.45, 7) is 1.52. The topological polar surface area (TPSA) is 79.0 Å². The van der Waals surface area contributed by atoms with Crippen LogP contribution in [-0.2, 0) is 11.1 Å². The van der Waals surface area contributed by atoms with Gasteiger partial charge in [0.05, 0.1) is 0 Å². The van der Waals surface area contributed by atoms with Gasteiger partial charge < -0.3 is 8.97 Å². The Morgan fingerprint density at radius 2 is 2.20 bits per heavy atom. The van der Waals surface area contributed by atoms with Gasteiger partial charge in [-0.1, -0.05) is 5.10 Å². The van der Waals surface area contributed by atoms with Crippen LogP contribution in [0.3, 0.4) is 0 Å². The first-order valence-corrected chi connectivity index (χ1v) is 3.17. The van der Waals surface area contributed by atoms with Gasteiger partial charge >= 0.3 is 29.6 Å². The quantitative estimate of drug-likeness (QED) is 0.324. The number of hydrogen-bond donors (Lipinski definition) is 0. The zero-order valence-corrected chi connectivity index (χ0v) is 8.34. The summed E-state index contributed by atoms with van der Waals surface area (Å²) in [5, 5.41) is 6.15. The fourth-order valence-electron chi connectivity index (χ4n) is 0.346. The molecule has 0 aliphatic carbocycles. The van der Waals surface area contributed by atoms with Crippen molar-refractivity contribution in [2.24, 2.45) is 0 Å². The Kier molecular flexibility index (Phi) is 4.30. The van der Waals surface area contributed by atoms with E-state index < -0.39 is 11.1 Å². The van der Waals surface area contributed by atoms with Crippen molar-refractivity contribution in [2.45, 2.75) is 12.1 Å². The molecule has 7 heteroatoms. The molecule has 5 nitrogen and oxygen atoms in total. The standard InChI is InChI=1S/C3H4N2O3S.Na/c1-2-4-5-3(8-2)9(6)7;/h1H3,(H,6,7);/q;+1/p-1. The molecule has 50 valence electrons. The second-order valence-corrected chi connectivity index (χ2v) is 2.14. The van der Waals surface area contributed by atoms with E-state index in [-0.39, 0.29) is 40.7 Å². The molecule has 1 aromatic heterocycles. The number of rotatable bonds is 1. The number of aromatic nitrogens is 2. The van der Waals surface area contributed by atoms with Crippen LogP contribution < -0.4 is 29.6 Å². The first-order valence-electron chi connectivity index (χ1n) is 2.09. The molecule has 0 fully saturated rings. The maximum absolute atomic E-state index is 10.0. The molecule has 0 aliphatic rings. The number of nitrogens with zero attached hydrogens (tertiary/aromatic N) is 2. The average Bonchev–Trinajstić information content (AvgIpc) is 2.14. The van der Waals surface area contributed by atoms with E-state index in [9.17, 15) is 8.76 Å². The average molecular weight is 170 g/mol. The predicted molar refractivity (Wildman–Crippen MR) is 26.2 cm³/mol. The van der Waals surface area contributed by atoms with Gasteiger partial charge in [0.2, 0.25) is 5.89 Å². The first-order chi connectivity index (χ1) is 4.20. The van der Waals surface area contributed by atoms with Gasteiger partial charge in [-0.15, -0.1) is 5.10 Å². The maximum atomic E-state index is 10.0. The molecular weight excluding hydrogens is 167 g/mol. The largest absolute Gasteiger partial charge is 1.00 e. The summed E-state index contributed by atoms with van der Waals surface area (Å²) in [5.74, 6) is 0.245. The second kappa shape index (κ2) is 4.20. The van der Waals surface area contributed by atoms with E-state index >= 15 is 0 Å². The summed E-state index contributed by atoms with van der Waals surface area (Å²) in [6, 6.07) is 0. The molecule has 0 saturated carbocycles. The monoisotopic (exact) mass is 170 g/mol. The summed E-state index contributed by atoms with van der Waals surface area (Å²) >= 11 is -2.40. The Balaban J connectivity index is 0.000000810. The smallest absolute Gasteiger partial charge is 0.765 e. The van der Waals surface area contributed by atoms with Crippen molar-refractivity contribution in [1.29, 1.82) is 0 Å². The Morgan fingerprint density at radius 1 is 1.60 bits per heavy atom. The van der Waals surface area contributed by atoms with Gasteiger partial charge in [0.25, 0.3) is 5.22 Å². The molecule has 0 aromatic carbocycles. The van der Waals surface area contributed by atoms with E-state index in [4.69, 9.17) is 0 Å². The van der Waals surface area contributed by atoms with Crippen LogP contribution in [0, 0.1) is 6.92 Å². The summed E-state index contributed by atoms with van der Waals surface area (Å²) in [4.78, 5) is 0. The minimum atomic E-state index is -2.40. The summed E-state index contributed by atoms with van der Waals surface area (Å²) in [5.41, 5.74) is 0. The molecule has 1 rings (SSSR count). The van der Waals surface area contributed by atoms with Crippen LogP contribution in [0.5, 0.6) is 0 Å². The molecule has 1 unspecified atom stereocenters. The van der Waals surface area contributed by atoms with E-state index in [2.05, 4.69) is 14.6 Å². The second-order valence-electron chi connectivity index (χ2n) is 1.32. The summed E-state index contributed by atoms with van der Waals surface area (Å²) < 4.78 is 24.5. The van der Waals surface area contributed by atoms with Gasteiger partial charge in [-0.25, -0.2) is 0 Å². The molecule has 10 heavy (non-hydrogen) atoms. The third kappa shape index (κ3) is 2.47. The van der Waals surface area contributed by atoms with E-state index in [1.165, 1.54) is 6.92 Å². The van der Waals surface area contributed by atoms with E-state index in [1.54, 1.807) is 0 Å². The summed E-state index contributed by atoms with van der Waals surface area (Å²) in [6.07, 6.45) is 0. The molecule has 0 N–H and O–H groups in total. The molecule has 1 atom stereocenters. The summed E-state index contributed by atoms with van der Waals surface area (Å²) in [7, 11) is 0. The zero-order chi connectivity index (χ0) is 6.85. The third-order valence-corrected chi connectivity index (χ3v) is 1.10. The fourth-order valence-corrected chi connectivity index (χ4v) is 0.642. The van der Waals surface area contributed by atoms with Crippen LogP contribution in [-0.4, -0.2) is 19.0 Å². The van der Waals surface area contributed by atoms with Crippen molar-refractivity contribution in [1.82, 2.24) is 10.2 Å². The van der Waals surface area contributed by atoms with Crippen molar-refractivity contribution in [3.05, 3.63) is 5.89 Å². The Bertz CT molecular complexity index is 237. The molecule has 0 radical (unpaired) electrons. The van der Waals surface area contributed by atoms with Crippen LogP contribution in [0.4, 0.5) is 0 Å². The van der Waals surface area contributed by atoms with Crippen LogP contribution in [0.2, 0.25) is 0 Å². The van der Waals surface area contributed by atoms with E-state index in [1.807, 2.05) is 0 Å². The van der Waals surface area contributed by atoms with E-state index in [0.717, 1.165) is 0 Å². The van der Waals surface area contributed by atoms with Crippen molar-refractivity contribution >= 4 is 11.1 Å². The van der Waals surface area contributed by atoms with Gasteiger partial charge in [-0.05, 0) is 0 Å². The van der Waals surface area contributed by atoms with Crippen LogP contribution in [0.1, 0.15) is 5.89 Å². The minimum absolute atomic E-state index is 0. The molecule has 0 saturated heterocycles. The fraction of sp³-hybridized carbons (Fsp3) is 0.333. The Morgan fingerprint density at radius 3 is 2.40 bits per heavy atom. The Labute approximate surface area is 81.8 Å². The maximum Gasteiger partial charge on any atom is 1.00 e. The molecule has 0 bridgehead atoms. The van der Waals surface area contributed by atoms with Crippen molar-refractivity contribution in [3.63, 3.8) is 0 Å². The van der Waals surface area contributed by atoms with Crippen molar-refractivity contribution < 1.29 is 42.7 Å². The Hall–Kier alpha value is 0.250.